The molecule has 7 nitrogen and oxygen atoms in total. The summed E-state index contributed by atoms with van der Waals surface area (Å²) in [6, 6.07) is 16.1. The number of nitrogens with one attached hydrogen (secondary N) is 1. The third-order valence-electron chi connectivity index (χ3n) is 4.93. The van der Waals surface area contributed by atoms with E-state index in [0.717, 1.165) is 11.3 Å². The van der Waals surface area contributed by atoms with Gasteiger partial charge in [-0.2, -0.15) is 5.10 Å². The van der Waals surface area contributed by atoms with Gasteiger partial charge in [0.1, 0.15) is 11.8 Å². The van der Waals surface area contributed by atoms with Crippen LogP contribution in [0.4, 0.5) is 5.69 Å². The Labute approximate surface area is 185 Å². The first-order chi connectivity index (χ1) is 14.9. The molecule has 1 aliphatic heterocycles. The van der Waals surface area contributed by atoms with Crippen LogP contribution in [0.15, 0.2) is 81.3 Å². The molecule has 0 unspecified atom stereocenters. The smallest absolute Gasteiger partial charge is 0.261 e. The van der Waals surface area contributed by atoms with Gasteiger partial charge in [0.05, 0.1) is 16.9 Å². The van der Waals surface area contributed by atoms with Crippen molar-refractivity contribution in [1.82, 2.24) is 5.01 Å². The Morgan fingerprint density at radius 2 is 1.87 bits per heavy atom. The fraction of sp³-hybridized carbons (Fsp3) is 0.182. The molecule has 1 N–H and O–H groups in total. The van der Waals surface area contributed by atoms with Crippen molar-refractivity contribution in [1.29, 1.82) is 0 Å². The van der Waals surface area contributed by atoms with Crippen LogP contribution >= 0.6 is 11.6 Å². The molecule has 2 heterocycles. The molecule has 1 aromatic heterocycles. The van der Waals surface area contributed by atoms with Crippen molar-refractivity contribution in [3.8, 4) is 0 Å². The molecule has 0 saturated heterocycles. The topological polar surface area (TPSA) is 92.0 Å². The number of sulfonamides is 1. The monoisotopic (exact) mass is 457 g/mol. The van der Waals surface area contributed by atoms with Gasteiger partial charge in [0.25, 0.3) is 10.0 Å². The molecule has 0 radical (unpaired) electrons. The van der Waals surface area contributed by atoms with E-state index in [1.54, 1.807) is 43.5 Å². The Bertz CT molecular complexity index is 1200. The second-order valence-corrected chi connectivity index (χ2v) is 9.13. The highest BCUT2D eigenvalue weighted by Crippen LogP contribution is 2.33. The average molecular weight is 458 g/mol. The summed E-state index contributed by atoms with van der Waals surface area (Å²) in [4.78, 5) is 12.5. The number of carbonyl (C=O) groups excluding carboxylic acids is 1. The summed E-state index contributed by atoms with van der Waals surface area (Å²) in [7, 11) is -3.73. The van der Waals surface area contributed by atoms with E-state index in [1.165, 1.54) is 29.3 Å². The van der Waals surface area contributed by atoms with E-state index in [4.69, 9.17) is 16.0 Å². The maximum atomic E-state index is 12.5. The average Bonchev–Trinajstić information content (AvgIpc) is 3.44. The van der Waals surface area contributed by atoms with Crippen LogP contribution in [0.3, 0.4) is 0 Å². The molecule has 4 rings (SSSR count). The highest BCUT2D eigenvalue weighted by molar-refractivity contribution is 7.92. The zero-order valence-electron chi connectivity index (χ0n) is 16.7. The Morgan fingerprint density at radius 1 is 1.16 bits per heavy atom. The van der Waals surface area contributed by atoms with Crippen LogP contribution in [-0.4, -0.2) is 25.0 Å². The number of furan rings is 1. The molecule has 160 valence electrons. The highest BCUT2D eigenvalue weighted by atomic mass is 35.5. The van der Waals surface area contributed by atoms with E-state index in [0.29, 0.717) is 29.3 Å². The number of hydrogen-bond acceptors (Lipinski definition) is 5. The van der Waals surface area contributed by atoms with Crippen molar-refractivity contribution in [3.63, 3.8) is 0 Å². The summed E-state index contributed by atoms with van der Waals surface area (Å²) in [5.41, 5.74) is 1.95. The van der Waals surface area contributed by atoms with Crippen molar-refractivity contribution in [3.05, 3.63) is 83.3 Å². The molecule has 0 fully saturated rings. The predicted octanol–water partition coefficient (Wildman–Crippen LogP) is 4.82. The molecule has 31 heavy (non-hydrogen) atoms. The predicted molar refractivity (Wildman–Crippen MR) is 118 cm³/mol. The Kier molecular flexibility index (Phi) is 5.84. The Balaban J connectivity index is 1.54. The molecule has 0 aliphatic carbocycles. The first-order valence-corrected chi connectivity index (χ1v) is 11.6. The number of halogens is 1. The number of nitrogens with zero attached hydrogens (tertiary/aromatic N) is 2. The Hall–Kier alpha value is -3.10. The minimum absolute atomic E-state index is 0.0938. The van der Waals surface area contributed by atoms with Gasteiger partial charge in [-0.05, 0) is 54.1 Å². The van der Waals surface area contributed by atoms with E-state index in [2.05, 4.69) is 9.82 Å². The van der Waals surface area contributed by atoms with Crippen molar-refractivity contribution < 1.29 is 17.6 Å². The molecule has 1 amide bonds. The Morgan fingerprint density at radius 3 is 2.48 bits per heavy atom. The summed E-state index contributed by atoms with van der Waals surface area (Å²) in [6.07, 6.45) is 2.41. The SMILES string of the molecule is CCC(=O)N1N=C(c2ccc(NS(=O)(=O)c3ccc(Cl)cc3)cc2)C[C@@H]1c1ccco1. The van der Waals surface area contributed by atoms with Gasteiger partial charge in [-0.15, -0.1) is 0 Å². The number of anilines is 1. The lowest BCUT2D eigenvalue weighted by Gasteiger charge is -2.18. The van der Waals surface area contributed by atoms with Gasteiger partial charge in [-0.25, -0.2) is 13.4 Å². The van der Waals surface area contributed by atoms with Crippen LogP contribution in [-0.2, 0) is 14.8 Å². The number of hydrazone groups is 1. The van der Waals surface area contributed by atoms with Crippen LogP contribution < -0.4 is 4.72 Å². The standard InChI is InChI=1S/C22H20ClN3O4S/c1-2-22(27)26-20(21-4-3-13-30-21)14-19(24-26)15-5-9-17(10-6-15)25-31(28,29)18-11-7-16(23)8-12-18/h3-13,20,25H,2,14H2,1H3/t20-/m1/s1. The van der Waals surface area contributed by atoms with Crippen molar-refractivity contribution >= 4 is 38.9 Å². The molecule has 0 saturated carbocycles. The fourth-order valence-corrected chi connectivity index (χ4v) is 4.52. The number of rotatable bonds is 6. The van der Waals surface area contributed by atoms with Crippen molar-refractivity contribution in [2.75, 3.05) is 4.72 Å². The maximum Gasteiger partial charge on any atom is 0.261 e. The molecule has 1 atom stereocenters. The lowest BCUT2D eigenvalue weighted by molar-refractivity contribution is -0.133. The summed E-state index contributed by atoms with van der Waals surface area (Å²) >= 11 is 5.83. The molecule has 3 aromatic rings. The van der Waals surface area contributed by atoms with Crippen LogP contribution in [0.5, 0.6) is 0 Å². The number of hydrogen-bond donors (Lipinski definition) is 1. The zero-order chi connectivity index (χ0) is 22.0. The van der Waals surface area contributed by atoms with Gasteiger partial charge < -0.3 is 4.42 Å². The number of amides is 1. The van der Waals surface area contributed by atoms with E-state index >= 15 is 0 Å². The summed E-state index contributed by atoms with van der Waals surface area (Å²) in [6.45, 7) is 1.79. The summed E-state index contributed by atoms with van der Waals surface area (Å²) in [5, 5.41) is 6.44. The first-order valence-electron chi connectivity index (χ1n) is 9.69. The lowest BCUT2D eigenvalue weighted by atomic mass is 10.0. The van der Waals surface area contributed by atoms with E-state index in [9.17, 15) is 13.2 Å². The van der Waals surface area contributed by atoms with Gasteiger partial charge in [0.2, 0.25) is 5.91 Å². The van der Waals surface area contributed by atoms with E-state index < -0.39 is 10.0 Å². The largest absolute Gasteiger partial charge is 0.467 e. The highest BCUT2D eigenvalue weighted by Gasteiger charge is 2.34. The molecular weight excluding hydrogens is 438 g/mol. The van der Waals surface area contributed by atoms with Crippen molar-refractivity contribution in [2.24, 2.45) is 5.10 Å². The van der Waals surface area contributed by atoms with Crippen LogP contribution in [0.2, 0.25) is 5.02 Å². The van der Waals surface area contributed by atoms with Crippen molar-refractivity contribution in [2.45, 2.75) is 30.7 Å². The molecule has 0 spiro atoms. The quantitative estimate of drug-likeness (QED) is 0.574. The fourth-order valence-electron chi connectivity index (χ4n) is 3.34. The molecular formula is C22H20ClN3O4S. The minimum Gasteiger partial charge on any atom is -0.467 e. The first kappa shape index (κ1) is 21.1. The third-order valence-corrected chi connectivity index (χ3v) is 6.58. The number of carbonyl (C=O) groups is 1. The van der Waals surface area contributed by atoms with Crippen LogP contribution in [0.1, 0.15) is 37.1 Å². The second kappa shape index (κ2) is 8.56. The minimum atomic E-state index is -3.73. The molecule has 1 aliphatic rings. The maximum absolute atomic E-state index is 12.5. The normalized spacial score (nSPS) is 16.3. The van der Waals surface area contributed by atoms with E-state index in [1.807, 2.05) is 6.07 Å². The van der Waals surface area contributed by atoms with Gasteiger partial charge in [0, 0.05) is 23.6 Å². The summed E-state index contributed by atoms with van der Waals surface area (Å²) < 4.78 is 33.1. The zero-order valence-corrected chi connectivity index (χ0v) is 18.2. The third kappa shape index (κ3) is 4.50. The van der Waals surface area contributed by atoms with Crippen LogP contribution in [0, 0.1) is 0 Å². The molecule has 0 bridgehead atoms. The van der Waals surface area contributed by atoms with Gasteiger partial charge >= 0.3 is 0 Å². The lowest BCUT2D eigenvalue weighted by Crippen LogP contribution is -2.25. The molecule has 9 heteroatoms. The van der Waals surface area contributed by atoms with Crippen LogP contribution in [0.25, 0.3) is 0 Å². The second-order valence-electron chi connectivity index (χ2n) is 7.01. The summed E-state index contributed by atoms with van der Waals surface area (Å²) in [5.74, 6) is 0.580. The molecule has 2 aromatic carbocycles. The number of benzene rings is 2. The van der Waals surface area contributed by atoms with Gasteiger partial charge in [-0.1, -0.05) is 30.7 Å². The van der Waals surface area contributed by atoms with Gasteiger partial charge in [-0.3, -0.25) is 9.52 Å². The van der Waals surface area contributed by atoms with E-state index in [-0.39, 0.29) is 16.8 Å². The van der Waals surface area contributed by atoms with Gasteiger partial charge in [0.15, 0.2) is 0 Å².